The molecule has 33 heavy (non-hydrogen) atoms. The van der Waals surface area contributed by atoms with E-state index < -0.39 is 7.92 Å². The number of rotatable bonds is 9. The third-order valence-electron chi connectivity index (χ3n) is 5.99. The lowest BCUT2D eigenvalue weighted by Gasteiger charge is -2.33. The smallest absolute Gasteiger partial charge is 0.130 e. The molecule has 3 aromatic rings. The van der Waals surface area contributed by atoms with Crippen molar-refractivity contribution in [1.82, 2.24) is 0 Å². The molecule has 0 heterocycles. The van der Waals surface area contributed by atoms with E-state index in [1.54, 1.807) is 14.2 Å². The molecule has 0 aliphatic heterocycles. The Kier molecular flexibility index (Phi) is 8.26. The first-order valence-corrected chi connectivity index (χ1v) is 12.8. The fourth-order valence-corrected chi connectivity index (χ4v) is 7.85. The van der Waals surface area contributed by atoms with E-state index in [0.717, 1.165) is 29.6 Å². The minimum Gasteiger partial charge on any atom is -0.496 e. The predicted octanol–water partition coefficient (Wildman–Crippen LogP) is 4.72. The van der Waals surface area contributed by atoms with E-state index >= 15 is 0 Å². The topological polar surface area (TPSA) is 24.9 Å². The summed E-state index contributed by atoms with van der Waals surface area (Å²) in [4.78, 5) is 4.44. The highest BCUT2D eigenvalue weighted by Gasteiger charge is 2.32. The van der Waals surface area contributed by atoms with Crippen LogP contribution < -0.4 is 35.2 Å². The Morgan fingerprint density at radius 1 is 0.606 bits per heavy atom. The first-order chi connectivity index (χ1) is 15.9. The lowest BCUT2D eigenvalue weighted by atomic mass is 10.1. The Balaban J connectivity index is 2.57. The van der Waals surface area contributed by atoms with Crippen molar-refractivity contribution in [3.05, 3.63) is 65.7 Å². The van der Waals surface area contributed by atoms with Gasteiger partial charge < -0.3 is 19.3 Å². The summed E-state index contributed by atoms with van der Waals surface area (Å²) in [6.45, 7) is 4.49. The summed E-state index contributed by atoms with van der Waals surface area (Å²) in [7, 11) is 11.0. The van der Waals surface area contributed by atoms with E-state index in [0.29, 0.717) is 0 Å². The van der Waals surface area contributed by atoms with Crippen molar-refractivity contribution in [2.45, 2.75) is 26.7 Å². The zero-order valence-corrected chi connectivity index (χ0v) is 22.2. The molecule has 1 unspecified atom stereocenters. The molecule has 0 aromatic heterocycles. The second kappa shape index (κ2) is 10.9. The standard InChI is InChI=1S/C28H37N2O2P/c1-9-20-14-11-15-21(10-2)26(20)33(28-24(31-7)18-13-19-25(28)32-8)27-22(29(3)4)16-12-17-23(27)30(5)6/h11-19H,9-10H2,1-8H3. The molecule has 0 spiro atoms. The molecule has 176 valence electrons. The van der Waals surface area contributed by atoms with E-state index in [9.17, 15) is 0 Å². The molecule has 5 heteroatoms. The quantitative estimate of drug-likeness (QED) is 0.428. The van der Waals surface area contributed by atoms with Crippen molar-refractivity contribution >= 4 is 35.2 Å². The van der Waals surface area contributed by atoms with Crippen LogP contribution in [0.15, 0.2) is 54.6 Å². The monoisotopic (exact) mass is 464 g/mol. The zero-order valence-electron chi connectivity index (χ0n) is 21.3. The fraction of sp³-hybridized carbons (Fsp3) is 0.357. The van der Waals surface area contributed by atoms with Crippen LogP contribution in [0.5, 0.6) is 11.5 Å². The van der Waals surface area contributed by atoms with Crippen LogP contribution in [0, 0.1) is 0 Å². The number of aryl methyl sites for hydroxylation is 2. The van der Waals surface area contributed by atoms with Gasteiger partial charge in [-0.2, -0.15) is 0 Å². The molecule has 4 nitrogen and oxygen atoms in total. The van der Waals surface area contributed by atoms with Gasteiger partial charge in [-0.15, -0.1) is 0 Å². The van der Waals surface area contributed by atoms with Crippen LogP contribution in [0.4, 0.5) is 11.4 Å². The Labute approximate surface area is 200 Å². The molecule has 0 radical (unpaired) electrons. The summed E-state index contributed by atoms with van der Waals surface area (Å²) in [5, 5.41) is 3.86. The van der Waals surface area contributed by atoms with Crippen LogP contribution in [0.2, 0.25) is 0 Å². The van der Waals surface area contributed by atoms with Gasteiger partial charge in [0.25, 0.3) is 0 Å². The van der Waals surface area contributed by atoms with E-state index in [4.69, 9.17) is 9.47 Å². The number of anilines is 2. The van der Waals surface area contributed by atoms with Crippen LogP contribution in [0.1, 0.15) is 25.0 Å². The van der Waals surface area contributed by atoms with Crippen LogP contribution in [-0.2, 0) is 12.8 Å². The molecule has 0 saturated carbocycles. The second-order valence-corrected chi connectivity index (χ2v) is 10.4. The number of hydrogen-bond donors (Lipinski definition) is 0. The molecule has 3 rings (SSSR count). The number of ether oxygens (including phenoxy) is 2. The molecule has 0 saturated heterocycles. The average molecular weight is 465 g/mol. The van der Waals surface area contributed by atoms with Crippen molar-refractivity contribution in [1.29, 1.82) is 0 Å². The van der Waals surface area contributed by atoms with Gasteiger partial charge in [0.05, 0.1) is 19.5 Å². The number of benzene rings is 3. The van der Waals surface area contributed by atoms with Gasteiger partial charge in [0.2, 0.25) is 0 Å². The molecule has 0 fully saturated rings. The van der Waals surface area contributed by atoms with Crippen LogP contribution >= 0.6 is 7.92 Å². The summed E-state index contributed by atoms with van der Waals surface area (Å²) < 4.78 is 11.9. The molecule has 1 atom stereocenters. The second-order valence-electron chi connectivity index (χ2n) is 8.41. The summed E-state index contributed by atoms with van der Waals surface area (Å²) in [6, 6.07) is 19.5. The average Bonchev–Trinajstić information content (AvgIpc) is 2.83. The maximum atomic E-state index is 5.97. The van der Waals surface area contributed by atoms with Gasteiger partial charge in [-0.3, -0.25) is 0 Å². The van der Waals surface area contributed by atoms with Crippen molar-refractivity contribution in [3.63, 3.8) is 0 Å². The molecule has 0 aliphatic rings. The molecule has 0 N–H and O–H groups in total. The molecular weight excluding hydrogens is 427 g/mol. The number of methoxy groups -OCH3 is 2. The Morgan fingerprint density at radius 3 is 1.42 bits per heavy atom. The summed E-state index contributed by atoms with van der Waals surface area (Å²) >= 11 is 0. The van der Waals surface area contributed by atoms with Crippen LogP contribution in [0.25, 0.3) is 0 Å². The van der Waals surface area contributed by atoms with Gasteiger partial charge >= 0.3 is 0 Å². The first kappa shape index (κ1) is 24.9. The molecule has 0 bridgehead atoms. The van der Waals surface area contributed by atoms with Crippen molar-refractivity contribution in [2.24, 2.45) is 0 Å². The normalized spacial score (nSPS) is 11.8. The van der Waals surface area contributed by atoms with Gasteiger partial charge in [-0.25, -0.2) is 0 Å². The number of hydrogen-bond acceptors (Lipinski definition) is 4. The van der Waals surface area contributed by atoms with Gasteiger partial charge in [-0.05, 0) is 61.5 Å². The lowest BCUT2D eigenvalue weighted by molar-refractivity contribution is 0.401. The molecule has 3 aromatic carbocycles. The van der Waals surface area contributed by atoms with Gasteiger partial charge in [0.1, 0.15) is 11.5 Å². The first-order valence-electron chi connectivity index (χ1n) is 11.5. The highest BCUT2D eigenvalue weighted by molar-refractivity contribution is 7.81. The Hall–Kier alpha value is -2.71. The molecular formula is C28H37N2O2P. The van der Waals surface area contributed by atoms with Crippen molar-refractivity contribution in [3.8, 4) is 11.5 Å². The number of nitrogens with zero attached hydrogens (tertiary/aromatic N) is 2. The van der Waals surface area contributed by atoms with Gasteiger partial charge in [-0.1, -0.05) is 44.2 Å². The Morgan fingerprint density at radius 2 is 1.03 bits per heavy atom. The third kappa shape index (κ3) is 4.82. The van der Waals surface area contributed by atoms with Gasteiger partial charge in [0.15, 0.2) is 0 Å². The lowest BCUT2D eigenvalue weighted by Crippen LogP contribution is -2.33. The maximum absolute atomic E-state index is 5.97. The summed E-state index contributed by atoms with van der Waals surface area (Å²) in [6.07, 6.45) is 1.95. The highest BCUT2D eigenvalue weighted by atomic mass is 31.1. The minimum atomic E-state index is -0.992. The summed E-state index contributed by atoms with van der Waals surface area (Å²) in [5.74, 6) is 1.73. The summed E-state index contributed by atoms with van der Waals surface area (Å²) in [5.41, 5.74) is 5.19. The van der Waals surface area contributed by atoms with Crippen LogP contribution in [0.3, 0.4) is 0 Å². The van der Waals surface area contributed by atoms with E-state index in [2.05, 4.69) is 100 Å². The van der Waals surface area contributed by atoms with E-state index in [1.807, 2.05) is 6.07 Å². The Bertz CT molecular complexity index is 969. The van der Waals surface area contributed by atoms with Gasteiger partial charge in [0, 0.05) is 44.9 Å². The largest absolute Gasteiger partial charge is 0.496 e. The SMILES string of the molecule is CCc1cccc(CC)c1P(c1c(OC)cccc1OC)c1c(N(C)C)cccc1N(C)C. The van der Waals surface area contributed by atoms with E-state index in [-0.39, 0.29) is 0 Å². The van der Waals surface area contributed by atoms with Crippen molar-refractivity contribution in [2.75, 3.05) is 52.2 Å². The zero-order chi connectivity index (χ0) is 24.1. The molecule has 0 aliphatic carbocycles. The third-order valence-corrected chi connectivity index (χ3v) is 8.81. The minimum absolute atomic E-state index is 0.867. The van der Waals surface area contributed by atoms with Crippen molar-refractivity contribution < 1.29 is 9.47 Å². The maximum Gasteiger partial charge on any atom is 0.130 e. The fourth-order valence-electron chi connectivity index (χ4n) is 4.36. The predicted molar refractivity (Wildman–Crippen MR) is 146 cm³/mol. The van der Waals surface area contributed by atoms with E-state index in [1.165, 1.54) is 33.1 Å². The van der Waals surface area contributed by atoms with Crippen LogP contribution in [-0.4, -0.2) is 42.4 Å². The molecule has 0 amide bonds. The highest BCUT2D eigenvalue weighted by Crippen LogP contribution is 2.47.